The molecule has 0 bridgehead atoms. The quantitative estimate of drug-likeness (QED) is 0.390. The van der Waals surface area contributed by atoms with Crippen LogP contribution in [-0.4, -0.2) is 0 Å². The van der Waals surface area contributed by atoms with Crippen LogP contribution < -0.4 is 0 Å². The molecule has 2 rings (SSSR count). The van der Waals surface area contributed by atoms with Gasteiger partial charge in [0.15, 0.2) is 0 Å². The molecule has 0 fully saturated rings. The van der Waals surface area contributed by atoms with E-state index >= 15 is 0 Å². The van der Waals surface area contributed by atoms with Crippen LogP contribution in [0, 0.1) is 7.14 Å². The van der Waals surface area contributed by atoms with E-state index in [1.165, 1.54) is 0 Å². The first-order chi connectivity index (χ1) is 9.63. The van der Waals surface area contributed by atoms with Crippen molar-refractivity contribution in [3.63, 3.8) is 0 Å². The summed E-state index contributed by atoms with van der Waals surface area (Å²) in [5, 5.41) is 0. The Bertz CT molecular complexity index is 518. The van der Waals surface area contributed by atoms with Gasteiger partial charge >= 0.3 is 8.25 Å². The third-order valence-corrected chi connectivity index (χ3v) is 4.62. The van der Waals surface area contributed by atoms with Gasteiger partial charge in [0.05, 0.1) is 0 Å². The lowest BCUT2D eigenvalue weighted by Crippen LogP contribution is -1.90. The lowest BCUT2D eigenvalue weighted by atomic mass is 10.2. The molecule has 0 radical (unpaired) electrons. The summed E-state index contributed by atoms with van der Waals surface area (Å²) in [5.41, 5.74) is 1.96. The molecule has 104 valence electrons. The summed E-state index contributed by atoms with van der Waals surface area (Å²) in [6.07, 6.45) is 0. The van der Waals surface area contributed by atoms with Crippen LogP contribution >= 0.6 is 53.4 Å². The molecule has 0 saturated heterocycles. The van der Waals surface area contributed by atoms with Crippen molar-refractivity contribution < 1.29 is 13.6 Å². The Balaban J connectivity index is 1.75. The van der Waals surface area contributed by atoms with Gasteiger partial charge in [0, 0.05) is 11.7 Å². The number of rotatable bonds is 6. The van der Waals surface area contributed by atoms with Crippen molar-refractivity contribution >= 4 is 53.4 Å². The maximum Gasteiger partial charge on any atom is 0.698 e. The molecule has 0 aromatic heterocycles. The summed E-state index contributed by atoms with van der Waals surface area (Å²) in [4.78, 5) is 0. The van der Waals surface area contributed by atoms with Gasteiger partial charge in [-0.15, -0.1) is 9.05 Å². The summed E-state index contributed by atoms with van der Waals surface area (Å²) in [7, 11) is -2.10. The predicted octanol–water partition coefficient (Wildman–Crippen LogP) is 5.29. The Morgan fingerprint density at radius 3 is 1.45 bits per heavy atom. The van der Waals surface area contributed by atoms with Crippen LogP contribution in [0.4, 0.5) is 0 Å². The van der Waals surface area contributed by atoms with Gasteiger partial charge in [-0.3, -0.25) is 0 Å². The van der Waals surface area contributed by atoms with Crippen molar-refractivity contribution in [3.8, 4) is 0 Å². The van der Waals surface area contributed by atoms with Crippen LogP contribution in [-0.2, 0) is 26.8 Å². The highest BCUT2D eigenvalue weighted by Crippen LogP contribution is 2.27. The van der Waals surface area contributed by atoms with Crippen molar-refractivity contribution in [2.75, 3.05) is 0 Å². The topological polar surface area (TPSA) is 35.5 Å². The SMILES string of the molecule is O=[P+](OCc1ccc(I)cc1)OCc1ccc(I)cc1. The molecule has 0 unspecified atom stereocenters. The Hall–Kier alpha value is -0.0800. The first-order valence-electron chi connectivity index (χ1n) is 5.85. The highest BCUT2D eigenvalue weighted by molar-refractivity contribution is 14.1. The molecule has 2 aromatic carbocycles. The van der Waals surface area contributed by atoms with E-state index in [0.717, 1.165) is 18.3 Å². The zero-order valence-corrected chi connectivity index (χ0v) is 15.7. The molecule has 0 heterocycles. The zero-order valence-electron chi connectivity index (χ0n) is 10.5. The van der Waals surface area contributed by atoms with Crippen molar-refractivity contribution in [2.24, 2.45) is 0 Å². The number of benzene rings is 2. The monoisotopic (exact) mass is 513 g/mol. The van der Waals surface area contributed by atoms with Crippen LogP contribution in [0.5, 0.6) is 0 Å². The number of halogens is 2. The molecule has 0 spiro atoms. The molecule has 0 saturated carbocycles. The summed E-state index contributed by atoms with van der Waals surface area (Å²) in [6.45, 7) is 0.581. The molecule has 0 aliphatic heterocycles. The van der Waals surface area contributed by atoms with Gasteiger partial charge in [-0.05, 0) is 80.6 Å². The standard InChI is InChI=1S/C14H12I2O3P/c15-13-5-1-11(2-6-13)9-18-20(17)19-10-12-3-7-14(16)8-4-12/h1-8H,9-10H2/q+1. The van der Waals surface area contributed by atoms with E-state index in [1.54, 1.807) is 0 Å². The average Bonchev–Trinajstić information content (AvgIpc) is 2.46. The maximum absolute atomic E-state index is 11.6. The molecule has 0 N–H and O–H groups in total. The molecule has 0 amide bonds. The fourth-order valence-electron chi connectivity index (χ4n) is 1.45. The van der Waals surface area contributed by atoms with Gasteiger partial charge in [0.25, 0.3) is 0 Å². The van der Waals surface area contributed by atoms with Gasteiger partial charge in [-0.1, -0.05) is 24.3 Å². The van der Waals surface area contributed by atoms with E-state index in [4.69, 9.17) is 9.05 Å². The summed E-state index contributed by atoms with van der Waals surface area (Å²) >= 11 is 4.47. The summed E-state index contributed by atoms with van der Waals surface area (Å²) in [5.74, 6) is 0. The number of hydrogen-bond acceptors (Lipinski definition) is 3. The van der Waals surface area contributed by atoms with Crippen molar-refractivity contribution in [3.05, 3.63) is 66.8 Å². The van der Waals surface area contributed by atoms with Crippen molar-refractivity contribution in [1.29, 1.82) is 0 Å². The van der Waals surface area contributed by atoms with Crippen LogP contribution in [0.3, 0.4) is 0 Å². The predicted molar refractivity (Wildman–Crippen MR) is 95.5 cm³/mol. The van der Waals surface area contributed by atoms with E-state index in [2.05, 4.69) is 45.2 Å². The highest BCUT2D eigenvalue weighted by atomic mass is 127. The van der Waals surface area contributed by atoms with E-state index in [9.17, 15) is 4.57 Å². The van der Waals surface area contributed by atoms with Gasteiger partial charge < -0.3 is 0 Å². The van der Waals surface area contributed by atoms with E-state index < -0.39 is 8.25 Å². The fourth-order valence-corrected chi connectivity index (χ4v) is 2.76. The minimum absolute atomic E-state index is 0.290. The minimum atomic E-state index is -2.10. The Morgan fingerprint density at radius 2 is 1.10 bits per heavy atom. The second-order valence-corrected chi connectivity index (χ2v) is 7.48. The molecule has 0 aliphatic rings. The third-order valence-electron chi connectivity index (χ3n) is 2.50. The molecule has 2 aromatic rings. The molecule has 6 heteroatoms. The maximum atomic E-state index is 11.6. The molecule has 0 atom stereocenters. The Morgan fingerprint density at radius 1 is 0.750 bits per heavy atom. The normalized spacial score (nSPS) is 10.5. The fraction of sp³-hybridized carbons (Fsp3) is 0.143. The first kappa shape index (κ1) is 16.3. The van der Waals surface area contributed by atoms with Gasteiger partial charge in [0.2, 0.25) is 0 Å². The smallest absolute Gasteiger partial charge is 0.114 e. The van der Waals surface area contributed by atoms with Gasteiger partial charge in [0.1, 0.15) is 13.2 Å². The lowest BCUT2D eigenvalue weighted by molar-refractivity contribution is 0.213. The number of hydrogen-bond donors (Lipinski definition) is 0. The first-order valence-corrected chi connectivity index (χ1v) is 9.11. The Kier molecular flexibility index (Phi) is 6.83. The molecular weight excluding hydrogens is 501 g/mol. The molecule has 0 aliphatic carbocycles. The van der Waals surface area contributed by atoms with E-state index in [0.29, 0.717) is 13.2 Å². The highest BCUT2D eigenvalue weighted by Gasteiger charge is 2.20. The summed E-state index contributed by atoms with van der Waals surface area (Å²) < 4.78 is 24.3. The van der Waals surface area contributed by atoms with E-state index in [-0.39, 0.29) is 0 Å². The van der Waals surface area contributed by atoms with Gasteiger partial charge in [-0.25, -0.2) is 0 Å². The molecule has 3 nitrogen and oxygen atoms in total. The minimum Gasteiger partial charge on any atom is -0.114 e. The zero-order chi connectivity index (χ0) is 14.4. The Labute approximate surface area is 146 Å². The summed E-state index contributed by atoms with van der Waals surface area (Å²) in [6, 6.07) is 15.7. The second kappa shape index (κ2) is 8.38. The molecule has 20 heavy (non-hydrogen) atoms. The van der Waals surface area contributed by atoms with Crippen molar-refractivity contribution in [2.45, 2.75) is 13.2 Å². The van der Waals surface area contributed by atoms with Gasteiger partial charge in [-0.2, -0.15) is 0 Å². The van der Waals surface area contributed by atoms with Crippen LogP contribution in [0.15, 0.2) is 48.5 Å². The molecular formula is C14H12I2O3P+. The van der Waals surface area contributed by atoms with Crippen molar-refractivity contribution in [1.82, 2.24) is 0 Å². The second-order valence-electron chi connectivity index (χ2n) is 4.02. The van der Waals surface area contributed by atoms with E-state index in [1.807, 2.05) is 48.5 Å². The largest absolute Gasteiger partial charge is 0.698 e. The third kappa shape index (κ3) is 5.73. The van der Waals surface area contributed by atoms with Crippen LogP contribution in [0.25, 0.3) is 0 Å². The van der Waals surface area contributed by atoms with Crippen LogP contribution in [0.2, 0.25) is 0 Å². The average molecular weight is 513 g/mol. The van der Waals surface area contributed by atoms with Crippen LogP contribution in [0.1, 0.15) is 11.1 Å². The lowest BCUT2D eigenvalue weighted by Gasteiger charge is -1.97.